The van der Waals surface area contributed by atoms with E-state index in [1.54, 1.807) is 0 Å². The third kappa shape index (κ3) is 9.21. The van der Waals surface area contributed by atoms with Gasteiger partial charge in [-0.1, -0.05) is 182 Å². The maximum atomic E-state index is 11.0. The maximum Gasteiger partial charge on any atom is 0.211 e. The lowest BCUT2D eigenvalue weighted by molar-refractivity contribution is 1.18. The summed E-state index contributed by atoms with van der Waals surface area (Å²) in [5.41, 5.74) is 17.7. The average Bonchev–Trinajstić information content (AvgIpc) is 4.08. The van der Waals surface area contributed by atoms with E-state index < -0.39 is 0 Å². The molecule has 11 aromatic carbocycles. The molecule has 2 aromatic heterocycles. The van der Waals surface area contributed by atoms with Gasteiger partial charge in [0.1, 0.15) is 0 Å². The highest BCUT2D eigenvalue weighted by atomic mass is 15.2. The van der Waals surface area contributed by atoms with Crippen LogP contribution in [0.3, 0.4) is 0 Å². The van der Waals surface area contributed by atoms with Crippen LogP contribution in [0.4, 0.5) is 39.8 Å². The van der Waals surface area contributed by atoms with Gasteiger partial charge in [-0.25, -0.2) is 14.8 Å². The summed E-state index contributed by atoms with van der Waals surface area (Å²) in [6, 6.07) is 99.9. The second-order valence-electron chi connectivity index (χ2n) is 19.2. The number of para-hydroxylation sites is 4. The molecule has 0 fully saturated rings. The number of nitriles is 1. The highest BCUT2D eigenvalue weighted by molar-refractivity contribution is 6.12. The van der Waals surface area contributed by atoms with Gasteiger partial charge in [0.05, 0.1) is 46.3 Å². The van der Waals surface area contributed by atoms with Crippen LogP contribution in [0.1, 0.15) is 5.56 Å². The molecule has 0 atom stereocenters. The van der Waals surface area contributed by atoms with Crippen molar-refractivity contribution in [3.8, 4) is 67.9 Å². The van der Waals surface area contributed by atoms with Crippen LogP contribution in [0.15, 0.2) is 285 Å². The Hall–Kier alpha value is -11.1. The minimum atomic E-state index is 0.432. The molecule has 0 saturated heterocycles. The topological polar surface area (TPSA) is 65.3 Å². The smallest absolute Gasteiger partial charge is 0.211 e. The highest BCUT2D eigenvalue weighted by Crippen LogP contribution is 2.45. The summed E-state index contributed by atoms with van der Waals surface area (Å²) in [5, 5.41) is 13.0. The molecule has 0 unspecified atom stereocenters. The van der Waals surface area contributed by atoms with E-state index in [1.807, 2.05) is 103 Å². The molecule has 13 aromatic rings. The molecule has 0 aliphatic heterocycles. The number of aromatic nitrogens is 3. The van der Waals surface area contributed by atoms with Crippen LogP contribution in [0.5, 0.6) is 0 Å². The fourth-order valence-corrected chi connectivity index (χ4v) is 10.7. The number of benzene rings is 11. The second kappa shape index (κ2) is 20.9. The van der Waals surface area contributed by atoms with Crippen LogP contribution >= 0.6 is 0 Å². The molecule has 0 N–H and O–H groups in total. The third-order valence-electron chi connectivity index (χ3n) is 14.4. The van der Waals surface area contributed by atoms with Crippen LogP contribution in [0.25, 0.3) is 88.5 Å². The van der Waals surface area contributed by atoms with Crippen LogP contribution in [0, 0.1) is 17.9 Å². The molecule has 2 heterocycles. The molecule has 0 amide bonds. The van der Waals surface area contributed by atoms with Crippen LogP contribution in [0.2, 0.25) is 0 Å². The largest absolute Gasteiger partial charge is 0.319 e. The molecular formula is C72H47N7. The normalized spacial score (nSPS) is 11.0. The van der Waals surface area contributed by atoms with Crippen LogP contribution < -0.4 is 9.80 Å². The highest BCUT2D eigenvalue weighted by Gasteiger charge is 2.23. The number of anilines is 6. The van der Waals surface area contributed by atoms with Gasteiger partial charge >= 0.3 is 0 Å². The summed E-state index contributed by atoms with van der Waals surface area (Å²) in [6.07, 6.45) is 0. The molecule has 0 aliphatic carbocycles. The van der Waals surface area contributed by atoms with Gasteiger partial charge in [0.2, 0.25) is 5.69 Å². The number of hydrogen-bond donors (Lipinski definition) is 0. The SMILES string of the molecule is [C-]#[N+]c1cc(-c2ccc(-c3ccc(-c4cc(-c5ccccc5)nc(-c5ccccc5)n4)cc3)cc2)c(C#N)cc1-n1c2ccc(N(c3ccccc3)c3ccccc3)cc2c2cc(N(c3ccccc3)c3ccccc3)ccc21. The summed E-state index contributed by atoms with van der Waals surface area (Å²) in [6.45, 7) is 8.70. The molecule has 0 radical (unpaired) electrons. The number of hydrogen-bond acceptors (Lipinski definition) is 5. The number of fused-ring (bicyclic) bond motifs is 3. The molecule has 7 nitrogen and oxygen atoms in total. The van der Waals surface area contributed by atoms with Crippen molar-refractivity contribution in [3.63, 3.8) is 0 Å². The minimum absolute atomic E-state index is 0.432. The third-order valence-corrected chi connectivity index (χ3v) is 14.4. The Balaban J connectivity index is 0.896. The monoisotopic (exact) mass is 1010 g/mol. The van der Waals surface area contributed by atoms with Gasteiger partial charge in [-0.15, -0.1) is 0 Å². The van der Waals surface area contributed by atoms with Gasteiger partial charge in [0, 0.05) is 61.6 Å². The first-order chi connectivity index (χ1) is 39.1. The van der Waals surface area contributed by atoms with Crippen molar-refractivity contribution in [1.29, 1.82) is 5.26 Å². The van der Waals surface area contributed by atoms with Gasteiger partial charge in [0.25, 0.3) is 0 Å². The van der Waals surface area contributed by atoms with Gasteiger partial charge in [-0.2, -0.15) is 5.26 Å². The predicted octanol–water partition coefficient (Wildman–Crippen LogP) is 19.3. The first-order valence-corrected chi connectivity index (χ1v) is 26.1. The zero-order valence-electron chi connectivity index (χ0n) is 42.8. The standard InChI is InChI=1S/C72H47N7/c1-74-68-47-63(52-36-32-50(33-37-52)51-34-38-54(39-35-51)67-48-66(53-20-8-2-9-21-53)75-72(76-67)55-22-10-3-11-23-55)56(49-73)44-71(68)79-69-42-40-61(77(57-24-12-4-13-25-57)58-26-14-5-15-27-58)45-64(69)65-46-62(41-43-70(65)79)78(59-28-16-6-17-29-59)60-30-18-7-19-31-60/h2-48H. The molecule has 370 valence electrons. The summed E-state index contributed by atoms with van der Waals surface area (Å²) in [5.74, 6) is 0.672. The molecule has 7 heteroatoms. The van der Waals surface area contributed by atoms with Crippen molar-refractivity contribution in [2.75, 3.05) is 9.80 Å². The maximum absolute atomic E-state index is 11.0. The van der Waals surface area contributed by atoms with E-state index in [0.29, 0.717) is 28.3 Å². The van der Waals surface area contributed by atoms with Crippen molar-refractivity contribution >= 4 is 61.6 Å². The lowest BCUT2D eigenvalue weighted by Crippen LogP contribution is -2.09. The van der Waals surface area contributed by atoms with E-state index in [0.717, 1.165) is 101 Å². The van der Waals surface area contributed by atoms with Gasteiger partial charge in [-0.05, 0) is 125 Å². The van der Waals surface area contributed by atoms with Crippen LogP contribution in [-0.4, -0.2) is 14.5 Å². The summed E-state index contributed by atoms with van der Waals surface area (Å²) in [7, 11) is 0. The fraction of sp³-hybridized carbons (Fsp3) is 0. The Morgan fingerprint density at radius 1 is 0.367 bits per heavy atom. The average molecular weight is 1010 g/mol. The number of rotatable bonds is 12. The van der Waals surface area contributed by atoms with Crippen molar-refractivity contribution < 1.29 is 0 Å². The number of nitrogens with zero attached hydrogens (tertiary/aromatic N) is 7. The van der Waals surface area contributed by atoms with Crippen molar-refractivity contribution in [1.82, 2.24) is 14.5 Å². The van der Waals surface area contributed by atoms with Crippen LogP contribution in [-0.2, 0) is 0 Å². The summed E-state index contributed by atoms with van der Waals surface area (Å²) in [4.78, 5) is 18.7. The molecule has 0 saturated carbocycles. The lowest BCUT2D eigenvalue weighted by atomic mass is 9.95. The van der Waals surface area contributed by atoms with Crippen molar-refractivity contribution in [3.05, 3.63) is 302 Å². The van der Waals surface area contributed by atoms with E-state index in [9.17, 15) is 5.26 Å². The Kier molecular flexibility index (Phi) is 12.6. The Bertz CT molecular complexity index is 4120. The van der Waals surface area contributed by atoms with Gasteiger partial charge in [0.15, 0.2) is 5.82 Å². The molecule has 79 heavy (non-hydrogen) atoms. The Morgan fingerprint density at radius 2 is 0.747 bits per heavy atom. The first kappa shape index (κ1) is 47.6. The first-order valence-electron chi connectivity index (χ1n) is 26.1. The Morgan fingerprint density at radius 3 is 1.16 bits per heavy atom. The zero-order chi connectivity index (χ0) is 53.1. The molecular weight excluding hydrogens is 963 g/mol. The van der Waals surface area contributed by atoms with E-state index in [2.05, 4.69) is 207 Å². The summed E-state index contributed by atoms with van der Waals surface area (Å²) < 4.78 is 2.15. The lowest BCUT2D eigenvalue weighted by Gasteiger charge is -2.26. The van der Waals surface area contributed by atoms with E-state index in [-0.39, 0.29) is 0 Å². The van der Waals surface area contributed by atoms with Gasteiger partial charge < -0.3 is 14.4 Å². The molecule has 0 aliphatic rings. The fourth-order valence-electron chi connectivity index (χ4n) is 10.7. The van der Waals surface area contributed by atoms with E-state index in [1.165, 1.54) is 0 Å². The second-order valence-corrected chi connectivity index (χ2v) is 19.2. The van der Waals surface area contributed by atoms with Crippen molar-refractivity contribution in [2.24, 2.45) is 0 Å². The summed E-state index contributed by atoms with van der Waals surface area (Å²) >= 11 is 0. The molecule has 0 spiro atoms. The van der Waals surface area contributed by atoms with Gasteiger partial charge in [-0.3, -0.25) is 0 Å². The quantitative estimate of drug-likeness (QED) is 0.114. The minimum Gasteiger partial charge on any atom is -0.319 e. The predicted molar refractivity (Wildman–Crippen MR) is 324 cm³/mol. The molecule has 0 bridgehead atoms. The van der Waals surface area contributed by atoms with Crippen molar-refractivity contribution in [2.45, 2.75) is 0 Å². The molecule has 13 rings (SSSR count). The van der Waals surface area contributed by atoms with E-state index >= 15 is 0 Å². The zero-order valence-corrected chi connectivity index (χ0v) is 42.8. The Labute approximate surface area is 458 Å². The van der Waals surface area contributed by atoms with E-state index in [4.69, 9.17) is 16.5 Å².